The molecule has 102 valence electrons. The van der Waals surface area contributed by atoms with Crippen molar-refractivity contribution >= 4 is 11.3 Å². The van der Waals surface area contributed by atoms with E-state index < -0.39 is 0 Å². The van der Waals surface area contributed by atoms with Crippen LogP contribution in [0.15, 0.2) is 11.4 Å². The lowest BCUT2D eigenvalue weighted by Gasteiger charge is -2.24. The molecule has 0 radical (unpaired) electrons. The molecule has 0 spiro atoms. The zero-order chi connectivity index (χ0) is 12.8. The van der Waals surface area contributed by atoms with Crippen molar-refractivity contribution < 1.29 is 0 Å². The van der Waals surface area contributed by atoms with Crippen LogP contribution in [-0.4, -0.2) is 7.05 Å². The van der Waals surface area contributed by atoms with Crippen LogP contribution in [0.25, 0.3) is 0 Å². The molecule has 1 unspecified atom stereocenters. The van der Waals surface area contributed by atoms with Gasteiger partial charge in [0.15, 0.2) is 0 Å². The van der Waals surface area contributed by atoms with E-state index in [0.717, 1.165) is 5.92 Å². The number of rotatable bonds is 6. The van der Waals surface area contributed by atoms with Gasteiger partial charge in [0.1, 0.15) is 0 Å². The van der Waals surface area contributed by atoms with Crippen LogP contribution >= 0.6 is 11.3 Å². The SMILES string of the molecule is CCc1ccsc1C(CCC1CCCCC1)NC. The Hall–Kier alpha value is -0.340. The van der Waals surface area contributed by atoms with Crippen LogP contribution in [0.4, 0.5) is 0 Å². The minimum Gasteiger partial charge on any atom is -0.312 e. The zero-order valence-corrected chi connectivity index (χ0v) is 12.7. The summed E-state index contributed by atoms with van der Waals surface area (Å²) >= 11 is 1.93. The first-order chi connectivity index (χ1) is 8.85. The molecule has 1 aliphatic rings. The highest BCUT2D eigenvalue weighted by atomic mass is 32.1. The third kappa shape index (κ3) is 3.58. The summed E-state index contributed by atoms with van der Waals surface area (Å²) in [4.78, 5) is 1.58. The molecule has 1 atom stereocenters. The molecule has 1 fully saturated rings. The zero-order valence-electron chi connectivity index (χ0n) is 11.9. The normalized spacial score (nSPS) is 19.0. The van der Waals surface area contributed by atoms with Crippen LogP contribution in [0.5, 0.6) is 0 Å². The molecule has 1 aliphatic carbocycles. The van der Waals surface area contributed by atoms with Gasteiger partial charge in [0, 0.05) is 10.9 Å². The minimum atomic E-state index is 0.585. The monoisotopic (exact) mass is 265 g/mol. The predicted molar refractivity (Wildman–Crippen MR) is 81.3 cm³/mol. The van der Waals surface area contributed by atoms with Crippen LogP contribution in [0.1, 0.15) is 68.4 Å². The lowest BCUT2D eigenvalue weighted by Crippen LogP contribution is -2.18. The van der Waals surface area contributed by atoms with E-state index in [-0.39, 0.29) is 0 Å². The average molecular weight is 265 g/mol. The van der Waals surface area contributed by atoms with Crippen LogP contribution in [0, 0.1) is 5.92 Å². The summed E-state index contributed by atoms with van der Waals surface area (Å²) < 4.78 is 0. The van der Waals surface area contributed by atoms with Crippen molar-refractivity contribution in [2.45, 2.75) is 64.3 Å². The minimum absolute atomic E-state index is 0.585. The summed E-state index contributed by atoms with van der Waals surface area (Å²) in [5, 5.41) is 5.78. The van der Waals surface area contributed by atoms with Crippen LogP contribution in [0.3, 0.4) is 0 Å². The van der Waals surface area contributed by atoms with Crippen LogP contribution in [-0.2, 0) is 6.42 Å². The Labute approximate surface area is 116 Å². The van der Waals surface area contributed by atoms with Gasteiger partial charge in [-0.3, -0.25) is 0 Å². The van der Waals surface area contributed by atoms with Gasteiger partial charge >= 0.3 is 0 Å². The summed E-state index contributed by atoms with van der Waals surface area (Å²) in [7, 11) is 2.12. The molecular weight excluding hydrogens is 238 g/mol. The lowest BCUT2D eigenvalue weighted by molar-refractivity contribution is 0.318. The maximum absolute atomic E-state index is 3.53. The Kier molecular flexibility index (Phi) is 5.71. The van der Waals surface area contributed by atoms with E-state index in [4.69, 9.17) is 0 Å². The Bertz CT molecular complexity index is 339. The van der Waals surface area contributed by atoms with Gasteiger partial charge in [0.05, 0.1) is 0 Å². The molecular formula is C16H27NS. The molecule has 0 saturated heterocycles. The number of thiophene rings is 1. The number of nitrogens with one attached hydrogen (secondary N) is 1. The third-order valence-electron chi connectivity index (χ3n) is 4.41. The predicted octanol–water partition coefficient (Wildman–Crippen LogP) is 4.93. The first-order valence-corrected chi connectivity index (χ1v) is 8.46. The molecule has 0 aliphatic heterocycles. The fourth-order valence-electron chi connectivity index (χ4n) is 3.23. The van der Waals surface area contributed by atoms with Crippen molar-refractivity contribution in [1.29, 1.82) is 0 Å². The van der Waals surface area contributed by atoms with E-state index in [1.807, 2.05) is 11.3 Å². The molecule has 1 aromatic heterocycles. The van der Waals surface area contributed by atoms with E-state index in [9.17, 15) is 0 Å². The topological polar surface area (TPSA) is 12.0 Å². The maximum Gasteiger partial charge on any atom is 0.0415 e. The summed E-state index contributed by atoms with van der Waals surface area (Å²) in [6.45, 7) is 2.26. The Morgan fingerprint density at radius 3 is 2.78 bits per heavy atom. The van der Waals surface area contributed by atoms with Crippen molar-refractivity contribution in [3.8, 4) is 0 Å². The molecule has 18 heavy (non-hydrogen) atoms. The van der Waals surface area contributed by atoms with Gasteiger partial charge in [0.25, 0.3) is 0 Å². The average Bonchev–Trinajstić information content (AvgIpc) is 2.89. The summed E-state index contributed by atoms with van der Waals surface area (Å²) in [6, 6.07) is 2.88. The van der Waals surface area contributed by atoms with E-state index in [1.54, 1.807) is 10.4 Å². The summed E-state index contributed by atoms with van der Waals surface area (Å²) in [6.07, 6.45) is 11.2. The van der Waals surface area contributed by atoms with Crippen LogP contribution < -0.4 is 5.32 Å². The first-order valence-electron chi connectivity index (χ1n) is 7.58. The summed E-state index contributed by atoms with van der Waals surface area (Å²) in [5.74, 6) is 1.000. The Morgan fingerprint density at radius 1 is 1.33 bits per heavy atom. The second kappa shape index (κ2) is 7.30. The van der Waals surface area contributed by atoms with Gasteiger partial charge in [-0.2, -0.15) is 0 Å². The molecule has 0 amide bonds. The maximum atomic E-state index is 3.53. The quantitative estimate of drug-likeness (QED) is 0.769. The molecule has 1 N–H and O–H groups in total. The second-order valence-electron chi connectivity index (χ2n) is 5.59. The highest BCUT2D eigenvalue weighted by Gasteiger charge is 2.18. The molecule has 2 rings (SSSR count). The van der Waals surface area contributed by atoms with Crippen molar-refractivity contribution in [3.05, 3.63) is 21.9 Å². The van der Waals surface area contributed by atoms with Gasteiger partial charge in [-0.05, 0) is 49.2 Å². The van der Waals surface area contributed by atoms with Crippen molar-refractivity contribution in [2.24, 2.45) is 5.92 Å². The molecule has 0 bridgehead atoms. The van der Waals surface area contributed by atoms with Gasteiger partial charge in [-0.15, -0.1) is 11.3 Å². The highest BCUT2D eigenvalue weighted by molar-refractivity contribution is 7.10. The molecule has 2 heteroatoms. The molecule has 1 nitrogen and oxygen atoms in total. The third-order valence-corrected chi connectivity index (χ3v) is 5.49. The molecule has 1 saturated carbocycles. The van der Waals surface area contributed by atoms with E-state index >= 15 is 0 Å². The second-order valence-corrected chi connectivity index (χ2v) is 6.53. The Morgan fingerprint density at radius 2 is 2.11 bits per heavy atom. The van der Waals surface area contributed by atoms with Gasteiger partial charge in [-0.25, -0.2) is 0 Å². The number of hydrogen-bond donors (Lipinski definition) is 1. The fourth-order valence-corrected chi connectivity index (χ4v) is 4.37. The van der Waals surface area contributed by atoms with E-state index in [0.29, 0.717) is 6.04 Å². The number of hydrogen-bond acceptors (Lipinski definition) is 2. The smallest absolute Gasteiger partial charge is 0.0415 e. The largest absolute Gasteiger partial charge is 0.312 e. The highest BCUT2D eigenvalue weighted by Crippen LogP contribution is 2.33. The fraction of sp³-hybridized carbons (Fsp3) is 0.750. The molecule has 1 aromatic rings. The Balaban J connectivity index is 1.88. The molecule has 0 aromatic carbocycles. The van der Waals surface area contributed by atoms with Crippen molar-refractivity contribution in [2.75, 3.05) is 7.05 Å². The van der Waals surface area contributed by atoms with E-state index in [1.165, 1.54) is 51.4 Å². The van der Waals surface area contributed by atoms with Gasteiger partial charge in [0.2, 0.25) is 0 Å². The van der Waals surface area contributed by atoms with Gasteiger partial charge < -0.3 is 5.32 Å². The summed E-state index contributed by atoms with van der Waals surface area (Å²) in [5.41, 5.74) is 1.54. The standard InChI is InChI=1S/C16H27NS/c1-3-14-11-12-18-16(14)15(17-2)10-9-13-7-5-4-6-8-13/h11-13,15,17H,3-10H2,1-2H3. The van der Waals surface area contributed by atoms with Gasteiger partial charge in [-0.1, -0.05) is 39.0 Å². The van der Waals surface area contributed by atoms with E-state index in [2.05, 4.69) is 30.7 Å². The number of aryl methyl sites for hydroxylation is 1. The lowest BCUT2D eigenvalue weighted by atomic mass is 9.85. The first kappa shape index (κ1) is 14.1. The van der Waals surface area contributed by atoms with Crippen molar-refractivity contribution in [1.82, 2.24) is 5.32 Å². The van der Waals surface area contributed by atoms with Crippen molar-refractivity contribution in [3.63, 3.8) is 0 Å². The molecule has 1 heterocycles. The van der Waals surface area contributed by atoms with Crippen LogP contribution in [0.2, 0.25) is 0 Å².